The number of hydrogen-bond acceptors (Lipinski definition) is 4. The first-order valence-corrected chi connectivity index (χ1v) is 7.69. The topological polar surface area (TPSA) is 55.4 Å². The van der Waals surface area contributed by atoms with Gasteiger partial charge >= 0.3 is 0 Å². The van der Waals surface area contributed by atoms with E-state index in [1.54, 1.807) is 17.6 Å². The zero-order valence-electron chi connectivity index (χ0n) is 13.7. The van der Waals surface area contributed by atoms with Gasteiger partial charge in [0.15, 0.2) is 5.82 Å². The summed E-state index contributed by atoms with van der Waals surface area (Å²) in [6, 6.07) is 10.5. The van der Waals surface area contributed by atoms with E-state index in [0.717, 1.165) is 12.4 Å². The predicted octanol–water partition coefficient (Wildman–Crippen LogP) is 1.66. The molecule has 2 aromatic heterocycles. The summed E-state index contributed by atoms with van der Waals surface area (Å²) in [6.07, 6.45) is 3.56. The van der Waals surface area contributed by atoms with Crippen molar-refractivity contribution in [3.8, 4) is 0 Å². The maximum Gasteiger partial charge on any atom is 0.295 e. The molecule has 0 radical (unpaired) electrons. The molecule has 6 heteroatoms. The summed E-state index contributed by atoms with van der Waals surface area (Å²) in [7, 11) is 3.77. The molecule has 0 aliphatic heterocycles. The number of aromatic nitrogens is 4. The summed E-state index contributed by atoms with van der Waals surface area (Å²) in [5, 5.41) is 8.20. The van der Waals surface area contributed by atoms with Crippen LogP contribution >= 0.6 is 0 Å². The molecule has 23 heavy (non-hydrogen) atoms. The van der Waals surface area contributed by atoms with Crippen LogP contribution in [0.4, 0.5) is 0 Å². The van der Waals surface area contributed by atoms with Crippen molar-refractivity contribution >= 4 is 5.65 Å². The molecule has 120 valence electrons. The largest absolute Gasteiger partial charge is 0.314 e. The predicted molar refractivity (Wildman–Crippen MR) is 89.4 cm³/mol. The van der Waals surface area contributed by atoms with Crippen LogP contribution in [0.3, 0.4) is 0 Å². The monoisotopic (exact) mass is 311 g/mol. The molecule has 0 aliphatic rings. The fourth-order valence-electron chi connectivity index (χ4n) is 2.79. The van der Waals surface area contributed by atoms with Gasteiger partial charge in [-0.05, 0) is 18.5 Å². The van der Waals surface area contributed by atoms with Crippen LogP contribution in [-0.4, -0.2) is 37.7 Å². The lowest BCUT2D eigenvalue weighted by atomic mass is 10.0. The number of aryl methyl sites for hydroxylation is 1. The minimum absolute atomic E-state index is 0.133. The summed E-state index contributed by atoms with van der Waals surface area (Å²) in [5.41, 5.74) is 1.56. The number of likely N-dealkylation sites (N-methyl/N-ethyl adjacent to an activating group) is 1. The average molecular weight is 311 g/mol. The van der Waals surface area contributed by atoms with Crippen LogP contribution in [0.15, 0.2) is 47.5 Å². The van der Waals surface area contributed by atoms with E-state index in [1.807, 2.05) is 12.3 Å². The quantitative estimate of drug-likeness (QED) is 0.719. The van der Waals surface area contributed by atoms with Crippen LogP contribution < -0.4 is 5.56 Å². The highest BCUT2D eigenvalue weighted by molar-refractivity contribution is 5.34. The number of hydrogen-bond donors (Lipinski definition) is 0. The molecule has 0 amide bonds. The van der Waals surface area contributed by atoms with E-state index in [-0.39, 0.29) is 5.56 Å². The van der Waals surface area contributed by atoms with E-state index in [1.165, 1.54) is 10.1 Å². The molecule has 0 saturated carbocycles. The number of nitrogens with zero attached hydrogens (tertiary/aromatic N) is 5. The maximum absolute atomic E-state index is 12.0. The molecule has 0 spiro atoms. The zero-order chi connectivity index (χ0) is 16.4. The molecule has 3 rings (SSSR count). The lowest BCUT2D eigenvalue weighted by Crippen LogP contribution is -2.25. The maximum atomic E-state index is 12.0. The van der Waals surface area contributed by atoms with Crippen molar-refractivity contribution in [3.63, 3.8) is 0 Å². The number of benzene rings is 1. The highest BCUT2D eigenvalue weighted by atomic mass is 16.1. The number of fused-ring (bicyclic) bond motifs is 1. The van der Waals surface area contributed by atoms with Gasteiger partial charge in [0.2, 0.25) is 5.65 Å². The van der Waals surface area contributed by atoms with Gasteiger partial charge < -0.3 is 4.57 Å². The van der Waals surface area contributed by atoms with Crippen molar-refractivity contribution in [2.75, 3.05) is 13.6 Å². The minimum Gasteiger partial charge on any atom is -0.314 e. The first kappa shape index (κ1) is 15.4. The summed E-state index contributed by atoms with van der Waals surface area (Å²) < 4.78 is 3.28. The third-order valence-electron chi connectivity index (χ3n) is 4.08. The molecule has 6 nitrogen and oxygen atoms in total. The van der Waals surface area contributed by atoms with E-state index in [4.69, 9.17) is 0 Å². The molecule has 2 heterocycles. The first-order chi connectivity index (χ1) is 11.1. The molecule has 3 aromatic rings. The molecule has 1 unspecified atom stereocenters. The fraction of sp³-hybridized carbons (Fsp3) is 0.353. The van der Waals surface area contributed by atoms with Gasteiger partial charge in [0.1, 0.15) is 0 Å². The second kappa shape index (κ2) is 6.34. The van der Waals surface area contributed by atoms with E-state index >= 15 is 0 Å². The second-order valence-corrected chi connectivity index (χ2v) is 6.03. The van der Waals surface area contributed by atoms with Gasteiger partial charge in [0, 0.05) is 26.0 Å². The van der Waals surface area contributed by atoms with Gasteiger partial charge in [-0.15, -0.1) is 10.2 Å². The van der Waals surface area contributed by atoms with Gasteiger partial charge in [-0.2, -0.15) is 0 Å². The zero-order valence-corrected chi connectivity index (χ0v) is 13.7. The van der Waals surface area contributed by atoms with Crippen LogP contribution in [0.2, 0.25) is 0 Å². The molecule has 0 saturated heterocycles. The molecule has 1 aromatic carbocycles. The van der Waals surface area contributed by atoms with Crippen molar-refractivity contribution in [2.45, 2.75) is 19.4 Å². The summed E-state index contributed by atoms with van der Waals surface area (Å²) in [4.78, 5) is 14.2. The second-order valence-electron chi connectivity index (χ2n) is 6.03. The van der Waals surface area contributed by atoms with E-state index in [0.29, 0.717) is 18.1 Å². The van der Waals surface area contributed by atoms with Crippen LogP contribution in [0, 0.1) is 0 Å². The Hall–Kier alpha value is -2.47. The van der Waals surface area contributed by atoms with Crippen molar-refractivity contribution in [2.24, 2.45) is 7.05 Å². The van der Waals surface area contributed by atoms with Gasteiger partial charge in [0.25, 0.3) is 5.56 Å². The van der Waals surface area contributed by atoms with Gasteiger partial charge in [-0.25, -0.2) is 0 Å². The Morgan fingerprint density at radius 1 is 1.17 bits per heavy atom. The summed E-state index contributed by atoms with van der Waals surface area (Å²) >= 11 is 0. The number of rotatable bonds is 5. The Balaban J connectivity index is 1.75. The molecule has 1 atom stereocenters. The Morgan fingerprint density at radius 3 is 2.65 bits per heavy atom. The highest BCUT2D eigenvalue weighted by Gasteiger charge is 2.14. The lowest BCUT2D eigenvalue weighted by molar-refractivity contribution is 0.301. The SMILES string of the molecule is CC(CN(C)Cc1nnc2c(=O)n(C)ccn12)c1ccccc1. The molecular weight excluding hydrogens is 290 g/mol. The van der Waals surface area contributed by atoms with Crippen molar-refractivity contribution in [1.82, 2.24) is 24.1 Å². The fourth-order valence-corrected chi connectivity index (χ4v) is 2.79. The smallest absolute Gasteiger partial charge is 0.295 e. The summed E-state index contributed by atoms with van der Waals surface area (Å²) in [6.45, 7) is 3.76. The highest BCUT2D eigenvalue weighted by Crippen LogP contribution is 2.16. The van der Waals surface area contributed by atoms with Crippen LogP contribution in [0.25, 0.3) is 5.65 Å². The van der Waals surface area contributed by atoms with Crippen molar-refractivity contribution < 1.29 is 0 Å². The van der Waals surface area contributed by atoms with Gasteiger partial charge in [-0.1, -0.05) is 37.3 Å². The van der Waals surface area contributed by atoms with E-state index in [2.05, 4.69) is 53.3 Å². The van der Waals surface area contributed by atoms with Crippen LogP contribution in [0.1, 0.15) is 24.2 Å². The Labute approximate surface area is 135 Å². The first-order valence-electron chi connectivity index (χ1n) is 7.69. The standard InChI is InChI=1S/C17H21N5O/c1-13(14-7-5-4-6-8-14)11-20(2)12-15-18-19-16-17(23)21(3)9-10-22(15)16/h4-10,13H,11-12H2,1-3H3. The van der Waals surface area contributed by atoms with Crippen LogP contribution in [0.5, 0.6) is 0 Å². The molecular formula is C17H21N5O. The normalized spacial score (nSPS) is 12.9. The molecule has 0 bridgehead atoms. The Kier molecular flexibility index (Phi) is 4.25. The molecule has 0 N–H and O–H groups in total. The van der Waals surface area contributed by atoms with Gasteiger partial charge in [0.05, 0.1) is 6.54 Å². The van der Waals surface area contributed by atoms with Crippen LogP contribution in [-0.2, 0) is 13.6 Å². The average Bonchev–Trinajstić information content (AvgIpc) is 2.95. The molecule has 0 fully saturated rings. The van der Waals surface area contributed by atoms with Gasteiger partial charge in [-0.3, -0.25) is 14.1 Å². The third kappa shape index (κ3) is 3.17. The summed E-state index contributed by atoms with van der Waals surface area (Å²) in [5.74, 6) is 1.20. The Bertz CT molecular complexity index is 852. The van der Waals surface area contributed by atoms with E-state index < -0.39 is 0 Å². The molecule has 0 aliphatic carbocycles. The van der Waals surface area contributed by atoms with E-state index in [9.17, 15) is 4.79 Å². The minimum atomic E-state index is -0.133. The Morgan fingerprint density at radius 2 is 1.91 bits per heavy atom. The lowest BCUT2D eigenvalue weighted by Gasteiger charge is -2.20. The van der Waals surface area contributed by atoms with Crippen molar-refractivity contribution in [1.29, 1.82) is 0 Å². The third-order valence-corrected chi connectivity index (χ3v) is 4.08. The van der Waals surface area contributed by atoms with Crippen molar-refractivity contribution in [3.05, 3.63) is 64.5 Å².